The summed E-state index contributed by atoms with van der Waals surface area (Å²) in [4.78, 5) is 28.6. The van der Waals surface area contributed by atoms with Crippen LogP contribution in [0.5, 0.6) is 0 Å². The highest BCUT2D eigenvalue weighted by atomic mass is 35.5. The molecule has 186 valence electrons. The number of fused-ring (bicyclic) bond motifs is 1. The van der Waals surface area contributed by atoms with Crippen LogP contribution in [0.2, 0.25) is 5.02 Å². The van der Waals surface area contributed by atoms with E-state index in [0.29, 0.717) is 35.5 Å². The number of halogens is 3. The second kappa shape index (κ2) is 8.40. The molecule has 0 radical (unpaired) electrons. The van der Waals surface area contributed by atoms with Crippen LogP contribution in [0.1, 0.15) is 63.2 Å². The highest BCUT2D eigenvalue weighted by molar-refractivity contribution is 6.36. The molecule has 0 bridgehead atoms. The van der Waals surface area contributed by atoms with E-state index in [4.69, 9.17) is 11.6 Å². The van der Waals surface area contributed by atoms with Gasteiger partial charge < -0.3 is 19.5 Å². The molecule has 1 saturated carbocycles. The van der Waals surface area contributed by atoms with Gasteiger partial charge in [0.2, 0.25) is 5.92 Å². The van der Waals surface area contributed by atoms with Crippen molar-refractivity contribution in [1.29, 1.82) is 0 Å². The molecule has 0 spiro atoms. The standard InChI is InChI=1S/C25H32ClF2N3O3/c1-23(2,3)24(12-13-31(24)22(33)34)15-30-14-17(20-18(26)6-5-7-19(20)30)21(32)29(4)16-8-10-25(27,28)11-9-16/h5-7,14,16H,8-13,15H2,1-4H3,(H,33,34). The Morgan fingerprint density at radius 1 is 1.21 bits per heavy atom. The maximum absolute atomic E-state index is 13.6. The van der Waals surface area contributed by atoms with Gasteiger partial charge in [-0.1, -0.05) is 38.4 Å². The predicted octanol–water partition coefficient (Wildman–Crippen LogP) is 6.11. The molecule has 2 aromatic rings. The van der Waals surface area contributed by atoms with E-state index < -0.39 is 17.6 Å². The molecule has 2 amide bonds. The maximum atomic E-state index is 13.6. The molecule has 1 aromatic carbocycles. The zero-order valence-electron chi connectivity index (χ0n) is 20.1. The molecule has 1 aliphatic carbocycles. The van der Waals surface area contributed by atoms with Crippen LogP contribution in [-0.2, 0) is 6.54 Å². The van der Waals surface area contributed by atoms with Crippen molar-refractivity contribution in [2.45, 2.75) is 76.9 Å². The molecule has 1 atom stereocenters. The summed E-state index contributed by atoms with van der Waals surface area (Å²) in [5.74, 6) is -2.93. The third-order valence-electron chi connectivity index (χ3n) is 7.96. The third kappa shape index (κ3) is 4.04. The molecule has 1 aliphatic heterocycles. The number of carbonyl (C=O) groups excluding carboxylic acids is 1. The van der Waals surface area contributed by atoms with Crippen LogP contribution in [0.3, 0.4) is 0 Å². The molecule has 1 saturated heterocycles. The summed E-state index contributed by atoms with van der Waals surface area (Å²) in [6.07, 6.45) is 1.56. The summed E-state index contributed by atoms with van der Waals surface area (Å²) in [5, 5.41) is 10.8. The van der Waals surface area contributed by atoms with Crippen molar-refractivity contribution in [3.63, 3.8) is 0 Å². The number of nitrogens with zero attached hydrogens (tertiary/aromatic N) is 3. The number of hydrogen-bond donors (Lipinski definition) is 1. The van der Waals surface area contributed by atoms with Gasteiger partial charge in [0.05, 0.1) is 21.6 Å². The van der Waals surface area contributed by atoms with Crippen LogP contribution < -0.4 is 0 Å². The fraction of sp³-hybridized carbons (Fsp3) is 0.600. The number of likely N-dealkylation sites (tertiary alicyclic amines) is 1. The van der Waals surface area contributed by atoms with E-state index in [1.807, 2.05) is 37.5 Å². The Balaban J connectivity index is 1.72. The van der Waals surface area contributed by atoms with Crippen molar-refractivity contribution in [3.05, 3.63) is 35.0 Å². The first kappa shape index (κ1) is 24.8. The van der Waals surface area contributed by atoms with Crippen LogP contribution >= 0.6 is 11.6 Å². The average Bonchev–Trinajstić information content (AvgIpc) is 3.08. The Hall–Kier alpha value is -2.35. The monoisotopic (exact) mass is 495 g/mol. The molecule has 4 rings (SSSR count). The number of alkyl halides is 2. The van der Waals surface area contributed by atoms with Gasteiger partial charge >= 0.3 is 6.09 Å². The van der Waals surface area contributed by atoms with Crippen molar-refractivity contribution in [2.75, 3.05) is 13.6 Å². The first-order valence-electron chi connectivity index (χ1n) is 11.7. The summed E-state index contributed by atoms with van der Waals surface area (Å²) in [6.45, 7) is 6.93. The summed E-state index contributed by atoms with van der Waals surface area (Å²) in [5.41, 5.74) is 0.187. The Bertz CT molecular complexity index is 1120. The average molecular weight is 496 g/mol. The summed E-state index contributed by atoms with van der Waals surface area (Å²) in [6, 6.07) is 5.14. The highest BCUT2D eigenvalue weighted by Crippen LogP contribution is 2.47. The number of carbonyl (C=O) groups is 2. The van der Waals surface area contributed by atoms with Crippen LogP contribution in [0.25, 0.3) is 10.9 Å². The van der Waals surface area contributed by atoms with Gasteiger partial charge in [-0.25, -0.2) is 13.6 Å². The van der Waals surface area contributed by atoms with E-state index in [1.54, 1.807) is 24.2 Å². The Morgan fingerprint density at radius 2 is 1.85 bits per heavy atom. The molecule has 9 heteroatoms. The highest BCUT2D eigenvalue weighted by Gasteiger charge is 2.55. The van der Waals surface area contributed by atoms with Crippen molar-refractivity contribution in [3.8, 4) is 0 Å². The van der Waals surface area contributed by atoms with Gasteiger partial charge in [-0.05, 0) is 36.8 Å². The van der Waals surface area contributed by atoms with Crippen molar-refractivity contribution in [1.82, 2.24) is 14.4 Å². The minimum absolute atomic E-state index is 0.225. The molecular formula is C25H32ClF2N3O3. The first-order chi connectivity index (χ1) is 15.8. The third-order valence-corrected chi connectivity index (χ3v) is 8.28. The summed E-state index contributed by atoms with van der Waals surface area (Å²) >= 11 is 6.55. The van der Waals surface area contributed by atoms with E-state index in [0.717, 1.165) is 5.52 Å². The fourth-order valence-electron chi connectivity index (χ4n) is 5.61. The molecule has 1 unspecified atom stereocenters. The molecule has 2 heterocycles. The molecule has 2 fully saturated rings. The van der Waals surface area contributed by atoms with Gasteiger partial charge in [0.25, 0.3) is 5.91 Å². The van der Waals surface area contributed by atoms with Crippen LogP contribution in [-0.4, -0.2) is 62.6 Å². The molecule has 1 N–H and O–H groups in total. The lowest BCUT2D eigenvalue weighted by molar-refractivity contribution is -0.0822. The summed E-state index contributed by atoms with van der Waals surface area (Å²) < 4.78 is 29.2. The molecule has 34 heavy (non-hydrogen) atoms. The van der Waals surface area contributed by atoms with Crippen molar-refractivity contribution in [2.24, 2.45) is 5.41 Å². The molecule has 2 aliphatic rings. The van der Waals surface area contributed by atoms with E-state index in [9.17, 15) is 23.5 Å². The first-order valence-corrected chi connectivity index (χ1v) is 12.1. The second-order valence-electron chi connectivity index (χ2n) is 10.8. The van der Waals surface area contributed by atoms with Crippen molar-refractivity contribution >= 4 is 34.5 Å². The molecule has 1 aromatic heterocycles. The zero-order valence-corrected chi connectivity index (χ0v) is 20.8. The van der Waals surface area contributed by atoms with Crippen molar-refractivity contribution < 1.29 is 23.5 Å². The van der Waals surface area contributed by atoms with E-state index in [1.165, 1.54) is 4.90 Å². The normalized spacial score (nSPS) is 23.1. The van der Waals surface area contributed by atoms with Gasteiger partial charge in [0.1, 0.15) is 0 Å². The SMILES string of the molecule is CN(C(=O)c1cn(CC2(C(C)(C)C)CCN2C(=O)O)c2cccc(Cl)c12)C1CCC(F)(F)CC1. The van der Waals surface area contributed by atoms with Gasteiger partial charge in [0.15, 0.2) is 0 Å². The lowest BCUT2D eigenvalue weighted by Gasteiger charge is -2.58. The van der Waals surface area contributed by atoms with E-state index in [2.05, 4.69) is 0 Å². The topological polar surface area (TPSA) is 65.8 Å². The Labute approximate surface area is 203 Å². The molecule has 6 nitrogen and oxygen atoms in total. The lowest BCUT2D eigenvalue weighted by atomic mass is 9.65. The smallest absolute Gasteiger partial charge is 0.407 e. The second-order valence-corrected chi connectivity index (χ2v) is 11.2. The number of benzene rings is 1. The van der Waals surface area contributed by atoms with Crippen LogP contribution in [0, 0.1) is 5.41 Å². The largest absolute Gasteiger partial charge is 0.465 e. The van der Waals surface area contributed by atoms with Gasteiger partial charge in [-0.15, -0.1) is 0 Å². The van der Waals surface area contributed by atoms with Crippen LogP contribution in [0.15, 0.2) is 24.4 Å². The number of aromatic nitrogens is 1. The van der Waals surface area contributed by atoms with E-state index in [-0.39, 0.29) is 43.0 Å². The number of carboxylic acid groups (broad SMARTS) is 1. The fourth-order valence-corrected chi connectivity index (χ4v) is 5.88. The maximum Gasteiger partial charge on any atom is 0.407 e. The minimum atomic E-state index is -2.67. The zero-order chi connectivity index (χ0) is 25.1. The van der Waals surface area contributed by atoms with E-state index >= 15 is 0 Å². The Kier molecular flexibility index (Phi) is 6.12. The van der Waals surface area contributed by atoms with Crippen LogP contribution in [0.4, 0.5) is 13.6 Å². The predicted molar refractivity (Wildman–Crippen MR) is 128 cm³/mol. The summed E-state index contributed by atoms with van der Waals surface area (Å²) in [7, 11) is 1.66. The Morgan fingerprint density at radius 3 is 2.38 bits per heavy atom. The van der Waals surface area contributed by atoms with Gasteiger partial charge in [-0.3, -0.25) is 4.79 Å². The quantitative estimate of drug-likeness (QED) is 0.556. The van der Waals surface area contributed by atoms with Gasteiger partial charge in [-0.2, -0.15) is 0 Å². The molecular weight excluding hydrogens is 464 g/mol. The van der Waals surface area contributed by atoms with Gasteiger partial charge in [0, 0.05) is 50.6 Å². The number of hydrogen-bond acceptors (Lipinski definition) is 2. The minimum Gasteiger partial charge on any atom is -0.465 e. The lowest BCUT2D eigenvalue weighted by Crippen LogP contribution is -2.69. The number of amides is 2. The number of rotatable bonds is 4.